The first-order valence-corrected chi connectivity index (χ1v) is 14.4. The highest BCUT2D eigenvalue weighted by molar-refractivity contribution is 7.92. The van der Waals surface area contributed by atoms with Crippen molar-refractivity contribution in [1.29, 1.82) is 0 Å². The zero-order valence-electron chi connectivity index (χ0n) is 23.1. The van der Waals surface area contributed by atoms with E-state index >= 15 is 0 Å². The van der Waals surface area contributed by atoms with Gasteiger partial charge < -0.3 is 15.0 Å². The molecule has 0 spiro atoms. The van der Waals surface area contributed by atoms with Crippen LogP contribution in [0.25, 0.3) is 0 Å². The van der Waals surface area contributed by atoms with Crippen LogP contribution < -0.4 is 14.4 Å². The quantitative estimate of drug-likeness (QED) is 0.357. The summed E-state index contributed by atoms with van der Waals surface area (Å²) in [6.07, 6.45) is 0.738. The second-order valence-electron chi connectivity index (χ2n) is 9.50. The molecule has 2 amide bonds. The van der Waals surface area contributed by atoms with Gasteiger partial charge in [-0.05, 0) is 57.0 Å². The van der Waals surface area contributed by atoms with Gasteiger partial charge >= 0.3 is 0 Å². The number of nitrogens with zero attached hydrogens (tertiary/aromatic N) is 2. The van der Waals surface area contributed by atoms with E-state index in [2.05, 4.69) is 5.32 Å². The highest BCUT2D eigenvalue weighted by Crippen LogP contribution is 2.32. The lowest BCUT2D eigenvalue weighted by Gasteiger charge is -2.32. The van der Waals surface area contributed by atoms with E-state index in [1.165, 1.54) is 24.1 Å². The number of carbonyl (C=O) groups is 2. The number of amides is 2. The van der Waals surface area contributed by atoms with Crippen LogP contribution in [-0.4, -0.2) is 50.9 Å². The number of methoxy groups -OCH3 is 1. The predicted octanol–water partition coefficient (Wildman–Crippen LogP) is 4.53. The second kappa shape index (κ2) is 13.3. The van der Waals surface area contributed by atoms with Crippen molar-refractivity contribution in [3.05, 3.63) is 90.0 Å². The molecule has 8 nitrogen and oxygen atoms in total. The lowest BCUT2D eigenvalue weighted by Crippen LogP contribution is -2.52. The summed E-state index contributed by atoms with van der Waals surface area (Å²) < 4.78 is 34.4. The summed E-state index contributed by atoms with van der Waals surface area (Å²) in [4.78, 5) is 28.5. The van der Waals surface area contributed by atoms with E-state index in [-0.39, 0.29) is 29.1 Å². The molecule has 208 valence electrons. The standard InChI is InChI=1S/C30H37N3O5S/c1-6-23(3)31-30(35)24(4)32(20-25-12-8-7-9-13-25)29(34)21-33(27-14-10-11-15-28(27)38-5)39(36,37)26-18-16-22(2)17-19-26/h7-19,23-24H,6,20-21H2,1-5H3,(H,31,35)/t23-,24+/m1/s1. The molecule has 39 heavy (non-hydrogen) atoms. The smallest absolute Gasteiger partial charge is 0.264 e. The van der Waals surface area contributed by atoms with E-state index in [4.69, 9.17) is 4.74 Å². The van der Waals surface area contributed by atoms with E-state index in [0.717, 1.165) is 21.9 Å². The molecular weight excluding hydrogens is 514 g/mol. The molecule has 3 rings (SSSR count). The Kier molecular flexibility index (Phi) is 10.1. The molecule has 3 aromatic carbocycles. The third-order valence-corrected chi connectivity index (χ3v) is 8.38. The Hall–Kier alpha value is -3.85. The van der Waals surface area contributed by atoms with E-state index in [1.54, 1.807) is 43.3 Å². The molecular formula is C30H37N3O5S. The molecule has 0 saturated heterocycles. The molecule has 1 N–H and O–H groups in total. The highest BCUT2D eigenvalue weighted by atomic mass is 32.2. The van der Waals surface area contributed by atoms with Crippen molar-refractivity contribution in [2.75, 3.05) is 18.0 Å². The number of hydrogen-bond acceptors (Lipinski definition) is 5. The van der Waals surface area contributed by atoms with Crippen molar-refractivity contribution >= 4 is 27.5 Å². The Morgan fingerprint density at radius 2 is 1.54 bits per heavy atom. The van der Waals surface area contributed by atoms with Crippen LogP contribution in [-0.2, 0) is 26.2 Å². The topological polar surface area (TPSA) is 96.0 Å². The molecule has 0 bridgehead atoms. The Morgan fingerprint density at radius 1 is 0.923 bits per heavy atom. The van der Waals surface area contributed by atoms with Crippen molar-refractivity contribution in [2.24, 2.45) is 0 Å². The van der Waals surface area contributed by atoms with Crippen LogP contribution >= 0.6 is 0 Å². The van der Waals surface area contributed by atoms with Crippen LogP contribution in [0.2, 0.25) is 0 Å². The van der Waals surface area contributed by atoms with Gasteiger partial charge in [0.2, 0.25) is 11.8 Å². The summed E-state index contributed by atoms with van der Waals surface area (Å²) in [5.74, 6) is -0.524. The van der Waals surface area contributed by atoms with Gasteiger partial charge in [-0.3, -0.25) is 13.9 Å². The first-order valence-electron chi connectivity index (χ1n) is 12.9. The summed E-state index contributed by atoms with van der Waals surface area (Å²) in [7, 11) is -2.72. The molecule has 0 fully saturated rings. The fourth-order valence-corrected chi connectivity index (χ4v) is 5.44. The maximum absolute atomic E-state index is 14.0. The average molecular weight is 552 g/mol. The molecule has 3 aromatic rings. The Morgan fingerprint density at radius 3 is 2.15 bits per heavy atom. The van der Waals surface area contributed by atoms with Crippen LogP contribution in [0.5, 0.6) is 5.75 Å². The van der Waals surface area contributed by atoms with Crippen molar-refractivity contribution in [2.45, 2.75) is 57.6 Å². The number of rotatable bonds is 12. The van der Waals surface area contributed by atoms with Crippen molar-refractivity contribution in [3.8, 4) is 5.75 Å². The van der Waals surface area contributed by atoms with E-state index in [1.807, 2.05) is 51.1 Å². The number of para-hydroxylation sites is 2. The average Bonchev–Trinajstić information content (AvgIpc) is 2.94. The van der Waals surface area contributed by atoms with Crippen molar-refractivity contribution < 1.29 is 22.7 Å². The van der Waals surface area contributed by atoms with Gasteiger partial charge in [0.25, 0.3) is 10.0 Å². The number of hydrogen-bond donors (Lipinski definition) is 1. The summed E-state index contributed by atoms with van der Waals surface area (Å²) in [6, 6.07) is 21.5. The number of benzene rings is 3. The second-order valence-corrected chi connectivity index (χ2v) is 11.4. The third-order valence-electron chi connectivity index (χ3n) is 6.61. The number of nitrogens with one attached hydrogen (secondary N) is 1. The monoisotopic (exact) mass is 551 g/mol. The maximum Gasteiger partial charge on any atom is 0.264 e. The molecule has 2 atom stereocenters. The van der Waals surface area contributed by atoms with Crippen LogP contribution in [0.4, 0.5) is 5.69 Å². The SMILES string of the molecule is CC[C@@H](C)NC(=O)[C@H](C)N(Cc1ccccc1)C(=O)CN(c1ccccc1OC)S(=O)(=O)c1ccc(C)cc1. The first kappa shape index (κ1) is 29.7. The predicted molar refractivity (Wildman–Crippen MR) is 153 cm³/mol. The Balaban J connectivity index is 2.05. The Labute approximate surface area is 231 Å². The van der Waals surface area contributed by atoms with Gasteiger partial charge in [0.05, 0.1) is 17.7 Å². The molecule has 0 radical (unpaired) electrons. The zero-order valence-corrected chi connectivity index (χ0v) is 23.9. The molecule has 0 aromatic heterocycles. The zero-order chi connectivity index (χ0) is 28.6. The lowest BCUT2D eigenvalue weighted by molar-refractivity contribution is -0.139. The maximum atomic E-state index is 14.0. The van der Waals surface area contributed by atoms with Crippen molar-refractivity contribution in [3.63, 3.8) is 0 Å². The van der Waals surface area contributed by atoms with Gasteiger partial charge in [0.1, 0.15) is 18.3 Å². The molecule has 0 heterocycles. The Bertz CT molecular complexity index is 1360. The molecule has 0 aliphatic rings. The normalized spacial score (nSPS) is 12.7. The number of aryl methyl sites for hydroxylation is 1. The fourth-order valence-electron chi connectivity index (χ4n) is 4.01. The molecule has 9 heteroatoms. The van der Waals surface area contributed by atoms with Gasteiger partial charge in [0.15, 0.2) is 0 Å². The molecule has 0 aliphatic heterocycles. The summed E-state index contributed by atoms with van der Waals surface area (Å²) in [6.45, 7) is 6.99. The van der Waals surface area contributed by atoms with Crippen LogP contribution in [0.15, 0.2) is 83.8 Å². The summed E-state index contributed by atoms with van der Waals surface area (Å²) in [5.41, 5.74) is 1.95. The van der Waals surface area contributed by atoms with Gasteiger partial charge in [0, 0.05) is 12.6 Å². The minimum absolute atomic E-state index is 0.0453. The highest BCUT2D eigenvalue weighted by Gasteiger charge is 2.33. The van der Waals surface area contributed by atoms with Crippen LogP contribution in [0.3, 0.4) is 0 Å². The largest absolute Gasteiger partial charge is 0.495 e. The summed E-state index contributed by atoms with van der Waals surface area (Å²) >= 11 is 0. The van der Waals surface area contributed by atoms with Crippen LogP contribution in [0, 0.1) is 6.92 Å². The van der Waals surface area contributed by atoms with E-state index in [0.29, 0.717) is 5.75 Å². The van der Waals surface area contributed by atoms with E-state index in [9.17, 15) is 18.0 Å². The molecule has 0 saturated carbocycles. The minimum atomic E-state index is -4.17. The van der Waals surface area contributed by atoms with Gasteiger partial charge in [-0.15, -0.1) is 0 Å². The van der Waals surface area contributed by atoms with E-state index < -0.39 is 28.5 Å². The number of anilines is 1. The molecule has 0 unspecified atom stereocenters. The van der Waals surface area contributed by atoms with Gasteiger partial charge in [-0.25, -0.2) is 8.42 Å². The number of sulfonamides is 1. The van der Waals surface area contributed by atoms with Crippen LogP contribution in [0.1, 0.15) is 38.3 Å². The lowest BCUT2D eigenvalue weighted by atomic mass is 10.1. The third kappa shape index (κ3) is 7.38. The van der Waals surface area contributed by atoms with Gasteiger partial charge in [-0.1, -0.05) is 67.1 Å². The van der Waals surface area contributed by atoms with Gasteiger partial charge in [-0.2, -0.15) is 0 Å². The molecule has 0 aliphatic carbocycles. The minimum Gasteiger partial charge on any atom is -0.495 e. The van der Waals surface area contributed by atoms with Crippen molar-refractivity contribution in [1.82, 2.24) is 10.2 Å². The number of ether oxygens (including phenoxy) is 1. The number of carbonyl (C=O) groups excluding carboxylic acids is 2. The first-order chi connectivity index (χ1) is 18.6. The summed E-state index contributed by atoms with van der Waals surface area (Å²) in [5, 5.41) is 2.93. The fraction of sp³-hybridized carbons (Fsp3) is 0.333.